The van der Waals surface area contributed by atoms with Gasteiger partial charge >= 0.3 is 0 Å². The number of anilines is 1. The van der Waals surface area contributed by atoms with Crippen molar-refractivity contribution in [3.05, 3.63) is 40.9 Å². The maximum Gasteiger partial charge on any atom is 0.238 e. The number of carbonyl (C=O) groups excluding carboxylic acids is 2. The summed E-state index contributed by atoms with van der Waals surface area (Å²) in [6.07, 6.45) is 8.22. The number of rotatable bonds is 8. The molecule has 1 atom stereocenters. The van der Waals surface area contributed by atoms with E-state index in [4.69, 9.17) is 11.6 Å². The number of allylic oxidation sites excluding steroid dienone is 1. The van der Waals surface area contributed by atoms with Gasteiger partial charge in [0.05, 0.1) is 23.3 Å². The molecule has 0 bridgehead atoms. The Morgan fingerprint density at radius 1 is 1.13 bits per heavy atom. The van der Waals surface area contributed by atoms with Gasteiger partial charge in [0.1, 0.15) is 0 Å². The molecule has 164 valence electrons. The van der Waals surface area contributed by atoms with Gasteiger partial charge in [-0.15, -0.1) is 0 Å². The Morgan fingerprint density at radius 3 is 2.60 bits per heavy atom. The molecule has 1 aromatic rings. The highest BCUT2D eigenvalue weighted by Crippen LogP contribution is 2.21. The van der Waals surface area contributed by atoms with Crippen molar-refractivity contribution in [3.8, 4) is 0 Å². The number of carbonyl (C=O) groups is 2. The zero-order valence-electron chi connectivity index (χ0n) is 17.8. The van der Waals surface area contributed by atoms with Gasteiger partial charge in [-0.3, -0.25) is 19.4 Å². The summed E-state index contributed by atoms with van der Waals surface area (Å²) in [6.45, 7) is 6.10. The standard InChI is InChI=1S/C23H33ClN4O2/c1-18(23(30)25-12-11-19-7-3-2-4-8-19)28-15-13-27(14-16-28)17-22(29)26-21-10-6-5-9-20(21)24/h5-7,9-10,18H,2-4,8,11-17H2,1H3,(H,25,30)(H,26,29)/t18-/m1/s1. The van der Waals surface area contributed by atoms with Crippen LogP contribution >= 0.6 is 11.6 Å². The van der Waals surface area contributed by atoms with E-state index in [1.807, 2.05) is 19.1 Å². The SMILES string of the molecule is C[C@H](C(=O)NCCC1=CCCCC1)N1CCN(CC(=O)Nc2ccccc2Cl)CC1. The molecule has 2 amide bonds. The van der Waals surface area contributed by atoms with Crippen molar-refractivity contribution >= 4 is 29.1 Å². The van der Waals surface area contributed by atoms with Gasteiger partial charge in [-0.1, -0.05) is 35.4 Å². The van der Waals surface area contributed by atoms with Crippen LogP contribution in [0.1, 0.15) is 39.0 Å². The van der Waals surface area contributed by atoms with Gasteiger partial charge < -0.3 is 10.6 Å². The molecule has 6 nitrogen and oxygen atoms in total. The number of piperazine rings is 1. The third kappa shape index (κ3) is 6.83. The first-order chi connectivity index (χ1) is 14.5. The summed E-state index contributed by atoms with van der Waals surface area (Å²) in [6, 6.07) is 7.09. The molecule has 1 aliphatic heterocycles. The quantitative estimate of drug-likeness (QED) is 0.618. The van der Waals surface area contributed by atoms with E-state index in [1.54, 1.807) is 12.1 Å². The van der Waals surface area contributed by atoms with Crippen molar-refractivity contribution in [2.24, 2.45) is 0 Å². The lowest BCUT2D eigenvalue weighted by Gasteiger charge is -2.37. The molecule has 1 aromatic carbocycles. The third-order valence-electron chi connectivity index (χ3n) is 5.98. The number of amides is 2. The molecular weight excluding hydrogens is 400 g/mol. The highest BCUT2D eigenvalue weighted by atomic mass is 35.5. The monoisotopic (exact) mass is 432 g/mol. The summed E-state index contributed by atoms with van der Waals surface area (Å²) >= 11 is 6.10. The lowest BCUT2D eigenvalue weighted by atomic mass is 9.97. The van der Waals surface area contributed by atoms with Crippen molar-refractivity contribution in [1.29, 1.82) is 0 Å². The molecule has 2 N–H and O–H groups in total. The fourth-order valence-electron chi connectivity index (χ4n) is 4.06. The Hall–Kier alpha value is -1.89. The maximum atomic E-state index is 12.5. The van der Waals surface area contributed by atoms with Crippen molar-refractivity contribution in [1.82, 2.24) is 15.1 Å². The van der Waals surface area contributed by atoms with Gasteiger partial charge in [0.15, 0.2) is 0 Å². The van der Waals surface area contributed by atoms with E-state index in [9.17, 15) is 9.59 Å². The van der Waals surface area contributed by atoms with Crippen LogP contribution in [0.2, 0.25) is 5.02 Å². The highest BCUT2D eigenvalue weighted by Gasteiger charge is 2.26. The van der Waals surface area contributed by atoms with Crippen LogP contribution in [-0.4, -0.2) is 66.9 Å². The lowest BCUT2D eigenvalue weighted by molar-refractivity contribution is -0.127. The number of benzene rings is 1. The largest absolute Gasteiger partial charge is 0.354 e. The molecule has 0 saturated carbocycles. The molecular formula is C23H33ClN4O2. The minimum Gasteiger partial charge on any atom is -0.354 e. The van der Waals surface area contributed by atoms with Crippen molar-refractivity contribution in [2.75, 3.05) is 44.6 Å². The van der Waals surface area contributed by atoms with Gasteiger partial charge in [0, 0.05) is 32.7 Å². The van der Waals surface area contributed by atoms with Gasteiger partial charge in [-0.05, 0) is 51.2 Å². The average molecular weight is 433 g/mol. The van der Waals surface area contributed by atoms with E-state index in [0.29, 0.717) is 17.3 Å². The minimum atomic E-state index is -0.149. The zero-order chi connectivity index (χ0) is 21.3. The van der Waals surface area contributed by atoms with Crippen LogP contribution in [0.3, 0.4) is 0 Å². The first-order valence-electron chi connectivity index (χ1n) is 11.0. The predicted molar refractivity (Wildman–Crippen MR) is 122 cm³/mol. The van der Waals surface area contributed by atoms with Gasteiger partial charge in [0.25, 0.3) is 0 Å². The zero-order valence-corrected chi connectivity index (χ0v) is 18.6. The molecule has 0 unspecified atom stereocenters. The van der Waals surface area contributed by atoms with Crippen molar-refractivity contribution in [3.63, 3.8) is 0 Å². The Morgan fingerprint density at radius 2 is 1.90 bits per heavy atom. The predicted octanol–water partition coefficient (Wildman–Crippen LogP) is 3.29. The molecule has 0 aromatic heterocycles. The van der Waals surface area contributed by atoms with Crippen LogP contribution in [-0.2, 0) is 9.59 Å². The first-order valence-corrected chi connectivity index (χ1v) is 11.4. The average Bonchev–Trinajstić information content (AvgIpc) is 2.76. The smallest absolute Gasteiger partial charge is 0.238 e. The molecule has 1 aliphatic carbocycles. The Balaban J connectivity index is 1.35. The van der Waals surface area contributed by atoms with E-state index in [1.165, 1.54) is 31.3 Å². The Bertz CT molecular complexity index is 759. The summed E-state index contributed by atoms with van der Waals surface area (Å²) in [5.74, 6) is 0.0238. The second kappa shape index (κ2) is 11.5. The Labute approximate surface area is 184 Å². The van der Waals surface area contributed by atoms with Crippen LogP contribution in [0, 0.1) is 0 Å². The molecule has 3 rings (SSSR count). The normalized spacial score (nSPS) is 19.1. The van der Waals surface area contributed by atoms with Gasteiger partial charge in [0.2, 0.25) is 11.8 Å². The van der Waals surface area contributed by atoms with Crippen LogP contribution < -0.4 is 10.6 Å². The van der Waals surface area contributed by atoms with Gasteiger partial charge in [-0.2, -0.15) is 0 Å². The summed E-state index contributed by atoms with van der Waals surface area (Å²) < 4.78 is 0. The fraction of sp³-hybridized carbons (Fsp3) is 0.565. The van der Waals surface area contributed by atoms with Crippen molar-refractivity contribution < 1.29 is 9.59 Å². The van der Waals surface area contributed by atoms with E-state index in [-0.39, 0.29) is 17.9 Å². The lowest BCUT2D eigenvalue weighted by Crippen LogP contribution is -2.54. The molecule has 0 spiro atoms. The minimum absolute atomic E-state index is 0.0700. The molecule has 2 aliphatic rings. The second-order valence-electron chi connectivity index (χ2n) is 8.17. The third-order valence-corrected chi connectivity index (χ3v) is 6.31. The summed E-state index contributed by atoms with van der Waals surface area (Å²) in [5.41, 5.74) is 2.12. The maximum absolute atomic E-state index is 12.5. The molecule has 1 heterocycles. The van der Waals surface area contributed by atoms with Crippen LogP contribution in [0.15, 0.2) is 35.9 Å². The number of hydrogen-bond donors (Lipinski definition) is 2. The number of nitrogens with zero attached hydrogens (tertiary/aromatic N) is 2. The molecule has 1 fully saturated rings. The Kier molecular flexibility index (Phi) is 8.73. The first kappa shape index (κ1) is 22.8. The summed E-state index contributed by atoms with van der Waals surface area (Å²) in [5, 5.41) is 6.49. The van der Waals surface area contributed by atoms with Gasteiger partial charge in [-0.25, -0.2) is 0 Å². The van der Waals surface area contributed by atoms with Crippen LogP contribution in [0.4, 0.5) is 5.69 Å². The van der Waals surface area contributed by atoms with Crippen LogP contribution in [0.5, 0.6) is 0 Å². The van der Waals surface area contributed by atoms with Crippen LogP contribution in [0.25, 0.3) is 0 Å². The molecule has 0 radical (unpaired) electrons. The highest BCUT2D eigenvalue weighted by molar-refractivity contribution is 6.33. The summed E-state index contributed by atoms with van der Waals surface area (Å²) in [4.78, 5) is 29.1. The number of hydrogen-bond acceptors (Lipinski definition) is 4. The number of halogens is 1. The van der Waals surface area contributed by atoms with E-state index >= 15 is 0 Å². The summed E-state index contributed by atoms with van der Waals surface area (Å²) in [7, 11) is 0. The molecule has 30 heavy (non-hydrogen) atoms. The number of para-hydroxylation sites is 1. The fourth-order valence-corrected chi connectivity index (χ4v) is 4.24. The second-order valence-corrected chi connectivity index (χ2v) is 8.57. The van der Waals surface area contributed by atoms with Crippen molar-refractivity contribution in [2.45, 2.75) is 45.1 Å². The van der Waals surface area contributed by atoms with E-state index in [2.05, 4.69) is 26.5 Å². The topological polar surface area (TPSA) is 64.7 Å². The van der Waals surface area contributed by atoms with E-state index in [0.717, 1.165) is 39.1 Å². The van der Waals surface area contributed by atoms with E-state index < -0.39 is 0 Å². The number of nitrogens with one attached hydrogen (secondary N) is 2. The molecule has 1 saturated heterocycles. The molecule has 7 heteroatoms.